The van der Waals surface area contributed by atoms with Crippen molar-refractivity contribution >= 4 is 28.8 Å². The van der Waals surface area contributed by atoms with Crippen LogP contribution in [-0.2, 0) is 0 Å². The van der Waals surface area contributed by atoms with Crippen LogP contribution in [0.5, 0.6) is 0 Å². The van der Waals surface area contributed by atoms with Crippen molar-refractivity contribution in [2.45, 2.75) is 54.4 Å². The number of carbonyl (C=O) groups excluding carboxylic acids is 1. The van der Waals surface area contributed by atoms with E-state index in [2.05, 4.69) is 69.9 Å². The highest BCUT2D eigenvalue weighted by molar-refractivity contribution is 7.15. The minimum atomic E-state index is 0.0758. The van der Waals surface area contributed by atoms with Crippen LogP contribution in [0.4, 0.5) is 0 Å². The van der Waals surface area contributed by atoms with Crippen LogP contribution in [0.1, 0.15) is 71.8 Å². The van der Waals surface area contributed by atoms with Crippen molar-refractivity contribution in [1.29, 1.82) is 0 Å². The number of hydrogen-bond acceptors (Lipinski definition) is 3. The highest BCUT2D eigenvalue weighted by Gasteiger charge is 2.19. The smallest absolute Gasteiger partial charge is 0.175 e. The van der Waals surface area contributed by atoms with E-state index in [0.717, 1.165) is 23.4 Å². The molecule has 0 spiro atoms. The fourth-order valence-electron chi connectivity index (χ4n) is 3.58. The molecule has 0 fully saturated rings. The van der Waals surface area contributed by atoms with Crippen LogP contribution in [0.3, 0.4) is 0 Å². The van der Waals surface area contributed by atoms with Gasteiger partial charge in [-0.1, -0.05) is 33.8 Å². The minimum absolute atomic E-state index is 0.0758. The zero-order valence-electron chi connectivity index (χ0n) is 18.9. The fourth-order valence-corrected chi connectivity index (χ4v) is 4.76. The summed E-state index contributed by atoms with van der Waals surface area (Å²) in [6, 6.07) is 8.65. The monoisotopic (exact) mass is 420 g/mol. The molecule has 30 heavy (non-hydrogen) atoms. The van der Waals surface area contributed by atoms with Gasteiger partial charge in [-0.05, 0) is 79.1 Å². The van der Waals surface area contributed by atoms with Gasteiger partial charge in [0.05, 0.1) is 11.2 Å². The van der Waals surface area contributed by atoms with Crippen LogP contribution in [-0.4, -0.2) is 15.3 Å². The average Bonchev–Trinajstić information content (AvgIpc) is 3.41. The second-order valence-electron chi connectivity index (χ2n) is 8.21. The number of hydrogen-bond donors (Lipinski definition) is 0. The zero-order valence-corrected chi connectivity index (χ0v) is 19.7. The van der Waals surface area contributed by atoms with Crippen molar-refractivity contribution in [1.82, 2.24) is 9.55 Å². The van der Waals surface area contributed by atoms with Gasteiger partial charge >= 0.3 is 0 Å². The number of thiophene rings is 1. The Morgan fingerprint density at radius 3 is 2.43 bits per heavy atom. The standard InChI is InChI=1S/C26H32N2OS/c1-7-17(3)23(15-24-20(6)14-25(30-24)26(29)18(4)8-2)22-10-9-21(13-19(22)5)28-12-11-27-16-28/h9-18H,7-8H2,1-6H3/b23-15+. The average molecular weight is 421 g/mol. The number of ketones is 1. The van der Waals surface area contributed by atoms with Gasteiger partial charge in [0.25, 0.3) is 0 Å². The number of nitrogens with zero attached hydrogens (tertiary/aromatic N) is 2. The Kier molecular flexibility index (Phi) is 7.09. The summed E-state index contributed by atoms with van der Waals surface area (Å²) >= 11 is 1.63. The Hall–Kier alpha value is -2.46. The van der Waals surface area contributed by atoms with Gasteiger partial charge in [-0.2, -0.15) is 0 Å². The zero-order chi connectivity index (χ0) is 21.8. The number of allylic oxidation sites excluding steroid dienone is 1. The molecule has 2 unspecified atom stereocenters. The highest BCUT2D eigenvalue weighted by atomic mass is 32.1. The lowest BCUT2D eigenvalue weighted by Crippen LogP contribution is -2.07. The summed E-state index contributed by atoms with van der Waals surface area (Å²) < 4.78 is 2.03. The number of benzene rings is 1. The molecule has 0 aliphatic carbocycles. The van der Waals surface area contributed by atoms with Crippen molar-refractivity contribution in [3.63, 3.8) is 0 Å². The molecule has 2 aromatic heterocycles. The summed E-state index contributed by atoms with van der Waals surface area (Å²) in [5, 5.41) is 0. The maximum Gasteiger partial charge on any atom is 0.175 e. The third-order valence-electron chi connectivity index (χ3n) is 6.01. The maximum absolute atomic E-state index is 12.7. The Balaban J connectivity index is 2.03. The Labute approximate surface area is 184 Å². The molecule has 0 aliphatic rings. The molecule has 0 saturated heterocycles. The van der Waals surface area contributed by atoms with Gasteiger partial charge in [0, 0.05) is 28.9 Å². The van der Waals surface area contributed by atoms with E-state index in [1.165, 1.54) is 27.1 Å². The maximum atomic E-state index is 12.7. The fraction of sp³-hybridized carbons (Fsp3) is 0.385. The van der Waals surface area contributed by atoms with E-state index in [9.17, 15) is 4.79 Å². The van der Waals surface area contributed by atoms with E-state index < -0.39 is 0 Å². The van der Waals surface area contributed by atoms with E-state index in [0.29, 0.717) is 5.92 Å². The molecule has 0 radical (unpaired) electrons. The molecule has 0 N–H and O–H groups in total. The largest absolute Gasteiger partial charge is 0.306 e. The van der Waals surface area contributed by atoms with Crippen LogP contribution in [0.2, 0.25) is 0 Å². The van der Waals surface area contributed by atoms with E-state index in [-0.39, 0.29) is 11.7 Å². The van der Waals surface area contributed by atoms with Gasteiger partial charge in [-0.15, -0.1) is 11.3 Å². The Bertz CT molecular complexity index is 1040. The van der Waals surface area contributed by atoms with Crippen LogP contribution in [0.25, 0.3) is 17.3 Å². The molecule has 0 saturated carbocycles. The Morgan fingerprint density at radius 2 is 1.83 bits per heavy atom. The summed E-state index contributed by atoms with van der Waals surface area (Å²) in [7, 11) is 0. The van der Waals surface area contributed by atoms with E-state index >= 15 is 0 Å². The molecule has 2 heterocycles. The van der Waals surface area contributed by atoms with Crippen LogP contribution < -0.4 is 0 Å². The molecule has 3 nitrogen and oxygen atoms in total. The number of aryl methyl sites for hydroxylation is 2. The normalized spacial score (nSPS) is 14.0. The summed E-state index contributed by atoms with van der Waals surface area (Å²) in [5.41, 5.74) is 6.15. The molecule has 3 aromatic rings. The molecule has 0 bridgehead atoms. The minimum Gasteiger partial charge on any atom is -0.306 e. The Morgan fingerprint density at radius 1 is 1.10 bits per heavy atom. The van der Waals surface area contributed by atoms with Crippen molar-refractivity contribution in [2.75, 3.05) is 0 Å². The molecular formula is C26H32N2OS. The lowest BCUT2D eigenvalue weighted by Gasteiger charge is -2.18. The van der Waals surface area contributed by atoms with E-state index in [4.69, 9.17) is 0 Å². The van der Waals surface area contributed by atoms with Gasteiger partial charge in [-0.25, -0.2) is 4.98 Å². The molecule has 3 rings (SSSR count). The van der Waals surface area contributed by atoms with E-state index in [1.54, 1.807) is 17.5 Å². The molecule has 2 atom stereocenters. The summed E-state index contributed by atoms with van der Waals surface area (Å²) in [6.45, 7) is 12.9. The van der Waals surface area contributed by atoms with Gasteiger partial charge in [0.1, 0.15) is 0 Å². The van der Waals surface area contributed by atoms with Crippen molar-refractivity contribution in [3.05, 3.63) is 69.4 Å². The summed E-state index contributed by atoms with van der Waals surface area (Å²) in [6.07, 6.45) is 9.83. The van der Waals surface area contributed by atoms with Gasteiger partial charge in [-0.3, -0.25) is 4.79 Å². The molecule has 158 valence electrons. The lowest BCUT2D eigenvalue weighted by atomic mass is 9.88. The molecule has 0 aliphatic heterocycles. The second-order valence-corrected chi connectivity index (χ2v) is 9.29. The van der Waals surface area contributed by atoms with Crippen molar-refractivity contribution in [3.8, 4) is 5.69 Å². The van der Waals surface area contributed by atoms with E-state index in [1.807, 2.05) is 24.0 Å². The van der Waals surface area contributed by atoms with Crippen molar-refractivity contribution < 1.29 is 4.79 Å². The number of rotatable bonds is 8. The first-order chi connectivity index (χ1) is 14.3. The third-order valence-corrected chi connectivity index (χ3v) is 7.21. The first-order valence-corrected chi connectivity index (χ1v) is 11.6. The molecule has 0 amide bonds. The van der Waals surface area contributed by atoms with Crippen molar-refractivity contribution in [2.24, 2.45) is 11.8 Å². The molecule has 1 aromatic carbocycles. The molecular weight excluding hydrogens is 388 g/mol. The topological polar surface area (TPSA) is 34.9 Å². The third kappa shape index (κ3) is 4.65. The predicted octanol–water partition coefficient (Wildman–Crippen LogP) is 7.37. The first kappa shape index (κ1) is 22.2. The van der Waals surface area contributed by atoms with Crippen LogP contribution in [0.15, 0.2) is 43.0 Å². The summed E-state index contributed by atoms with van der Waals surface area (Å²) in [4.78, 5) is 18.9. The number of carbonyl (C=O) groups is 1. The van der Waals surface area contributed by atoms with Gasteiger partial charge in [0.2, 0.25) is 0 Å². The first-order valence-electron chi connectivity index (χ1n) is 10.8. The quantitative estimate of drug-likeness (QED) is 0.357. The lowest BCUT2D eigenvalue weighted by molar-refractivity contribution is 0.0931. The number of aromatic nitrogens is 2. The second kappa shape index (κ2) is 9.57. The van der Waals surface area contributed by atoms with Crippen LogP contribution >= 0.6 is 11.3 Å². The molecule has 4 heteroatoms. The number of Topliss-reactive ketones (excluding diaryl/α,β-unsaturated/α-hetero) is 1. The number of imidazole rings is 1. The summed E-state index contributed by atoms with van der Waals surface area (Å²) in [5.74, 6) is 0.765. The van der Waals surface area contributed by atoms with Crippen LogP contribution in [0, 0.1) is 25.7 Å². The van der Waals surface area contributed by atoms with Gasteiger partial charge < -0.3 is 4.57 Å². The SMILES string of the molecule is CCC(C)C(=O)c1cc(C)c(/C=C(/c2ccc(-n3ccnc3)cc2C)C(C)CC)s1. The predicted molar refractivity (Wildman–Crippen MR) is 128 cm³/mol. The highest BCUT2D eigenvalue weighted by Crippen LogP contribution is 2.35. The van der Waals surface area contributed by atoms with Gasteiger partial charge in [0.15, 0.2) is 5.78 Å².